The fourth-order valence-electron chi connectivity index (χ4n) is 4.41. The molecular formula is C22H23N3O3S. The lowest BCUT2D eigenvalue weighted by atomic mass is 10.1. The van der Waals surface area contributed by atoms with Gasteiger partial charge in [-0.2, -0.15) is 0 Å². The van der Waals surface area contributed by atoms with Crippen LogP contribution in [0.2, 0.25) is 0 Å². The molecule has 2 fully saturated rings. The molecule has 150 valence electrons. The van der Waals surface area contributed by atoms with Crippen molar-refractivity contribution in [1.82, 2.24) is 14.8 Å². The average molecular weight is 410 g/mol. The Labute approximate surface area is 173 Å². The second kappa shape index (κ2) is 7.74. The van der Waals surface area contributed by atoms with Crippen molar-refractivity contribution >= 4 is 27.5 Å². The van der Waals surface area contributed by atoms with Crippen LogP contribution in [-0.2, 0) is 11.2 Å². The summed E-state index contributed by atoms with van der Waals surface area (Å²) in [7, 11) is 0. The van der Waals surface area contributed by atoms with Crippen LogP contribution < -0.4 is 4.74 Å². The zero-order chi connectivity index (χ0) is 19.8. The summed E-state index contributed by atoms with van der Waals surface area (Å²) in [6.07, 6.45) is 2.00. The number of aromatic nitrogens is 1. The van der Waals surface area contributed by atoms with Gasteiger partial charge in [-0.05, 0) is 42.7 Å². The third-order valence-electron chi connectivity index (χ3n) is 5.90. The number of para-hydroxylation sites is 1. The third-order valence-corrected chi connectivity index (χ3v) is 6.81. The van der Waals surface area contributed by atoms with Gasteiger partial charge in [-0.15, -0.1) is 0 Å². The molecule has 2 bridgehead atoms. The van der Waals surface area contributed by atoms with Crippen LogP contribution in [0.1, 0.15) is 12.0 Å². The quantitative estimate of drug-likeness (QED) is 0.678. The van der Waals surface area contributed by atoms with E-state index in [0.29, 0.717) is 11.2 Å². The SMILES string of the molecule is O=C(CO)N1CC2C[C@@H]1CN2CCc1ccc(Oc2nc3ccccc3s2)cc1. The molecule has 0 aliphatic carbocycles. The first-order valence-electron chi connectivity index (χ1n) is 9.96. The standard InChI is InChI=1S/C22H23N3O3S/c26-14-21(27)25-13-16-11-17(25)12-24(16)10-9-15-5-7-18(8-6-15)28-22-23-19-3-1-2-4-20(19)29-22/h1-8,16-17,26H,9-14H2/t16?,17-/m1/s1. The Hall–Kier alpha value is -2.48. The molecule has 1 unspecified atom stereocenters. The molecule has 5 rings (SSSR count). The van der Waals surface area contributed by atoms with Crippen molar-refractivity contribution in [1.29, 1.82) is 0 Å². The highest BCUT2D eigenvalue weighted by molar-refractivity contribution is 7.20. The average Bonchev–Trinajstić information content (AvgIpc) is 3.46. The highest BCUT2D eigenvalue weighted by Crippen LogP contribution is 2.32. The highest BCUT2D eigenvalue weighted by atomic mass is 32.1. The maximum Gasteiger partial charge on any atom is 0.279 e. The maximum absolute atomic E-state index is 11.7. The summed E-state index contributed by atoms with van der Waals surface area (Å²) in [5, 5.41) is 9.74. The predicted octanol–water partition coefficient (Wildman–Crippen LogP) is 2.91. The van der Waals surface area contributed by atoms with Crippen LogP contribution in [0.4, 0.5) is 0 Å². The molecule has 0 radical (unpaired) electrons. The van der Waals surface area contributed by atoms with Crippen LogP contribution in [0.15, 0.2) is 48.5 Å². The number of fused-ring (bicyclic) bond motifs is 3. The summed E-state index contributed by atoms with van der Waals surface area (Å²) in [4.78, 5) is 20.6. The molecule has 0 spiro atoms. The number of hydrogen-bond acceptors (Lipinski definition) is 6. The zero-order valence-corrected chi connectivity index (χ0v) is 16.8. The summed E-state index contributed by atoms with van der Waals surface area (Å²) in [5.41, 5.74) is 2.23. The van der Waals surface area contributed by atoms with Gasteiger partial charge in [0.15, 0.2) is 0 Å². The first-order chi connectivity index (χ1) is 14.2. The highest BCUT2D eigenvalue weighted by Gasteiger charge is 2.44. The number of nitrogens with zero attached hydrogens (tertiary/aromatic N) is 3. The van der Waals surface area contributed by atoms with Crippen molar-refractivity contribution in [2.24, 2.45) is 0 Å². The topological polar surface area (TPSA) is 65.9 Å². The van der Waals surface area contributed by atoms with E-state index in [1.54, 1.807) is 11.3 Å². The van der Waals surface area contributed by atoms with Gasteiger partial charge >= 0.3 is 0 Å². The second-order valence-electron chi connectivity index (χ2n) is 7.69. The number of carbonyl (C=O) groups is 1. The summed E-state index contributed by atoms with van der Waals surface area (Å²) in [5.74, 6) is 0.659. The van der Waals surface area contributed by atoms with E-state index < -0.39 is 0 Å². The third kappa shape index (κ3) is 3.73. The van der Waals surface area contributed by atoms with Crippen LogP contribution in [0, 0.1) is 0 Å². The van der Waals surface area contributed by atoms with Crippen LogP contribution >= 0.6 is 11.3 Å². The van der Waals surface area contributed by atoms with Crippen molar-refractivity contribution < 1.29 is 14.6 Å². The minimum atomic E-state index is -0.380. The Morgan fingerprint density at radius 1 is 1.14 bits per heavy atom. The first kappa shape index (κ1) is 18.5. The summed E-state index contributed by atoms with van der Waals surface area (Å²) < 4.78 is 7.04. The Bertz CT molecular complexity index is 987. The molecule has 2 aliphatic rings. The molecule has 1 amide bonds. The summed E-state index contributed by atoms with van der Waals surface area (Å²) >= 11 is 1.55. The smallest absolute Gasteiger partial charge is 0.279 e. The fourth-order valence-corrected chi connectivity index (χ4v) is 5.25. The Morgan fingerprint density at radius 3 is 2.69 bits per heavy atom. The molecule has 3 aromatic rings. The second-order valence-corrected chi connectivity index (χ2v) is 8.68. The molecule has 3 heterocycles. The summed E-state index contributed by atoms with van der Waals surface area (Å²) in [6.45, 7) is 2.27. The molecule has 1 N–H and O–H groups in total. The maximum atomic E-state index is 11.7. The van der Waals surface area contributed by atoms with E-state index >= 15 is 0 Å². The lowest BCUT2D eigenvalue weighted by Gasteiger charge is -2.34. The minimum absolute atomic E-state index is 0.138. The number of likely N-dealkylation sites (tertiary alicyclic amines) is 2. The van der Waals surface area contributed by atoms with Gasteiger partial charge in [-0.25, -0.2) is 4.98 Å². The van der Waals surface area contributed by atoms with E-state index in [-0.39, 0.29) is 18.6 Å². The van der Waals surface area contributed by atoms with Crippen molar-refractivity contribution in [3.05, 3.63) is 54.1 Å². The van der Waals surface area contributed by atoms with Crippen molar-refractivity contribution in [3.8, 4) is 10.9 Å². The molecule has 2 aromatic carbocycles. The van der Waals surface area contributed by atoms with E-state index in [2.05, 4.69) is 22.0 Å². The number of aliphatic hydroxyl groups is 1. The van der Waals surface area contributed by atoms with E-state index in [9.17, 15) is 4.79 Å². The number of hydrogen-bond donors (Lipinski definition) is 1. The van der Waals surface area contributed by atoms with Crippen LogP contribution in [0.25, 0.3) is 10.2 Å². The zero-order valence-electron chi connectivity index (χ0n) is 16.0. The minimum Gasteiger partial charge on any atom is -0.431 e. The molecule has 1 aromatic heterocycles. The van der Waals surface area contributed by atoms with Gasteiger partial charge in [0.2, 0.25) is 5.91 Å². The number of aliphatic hydroxyl groups excluding tert-OH is 1. The lowest BCUT2D eigenvalue weighted by Crippen LogP contribution is -2.49. The number of rotatable bonds is 6. The molecule has 0 saturated carbocycles. The number of carbonyl (C=O) groups excluding carboxylic acids is 1. The van der Waals surface area contributed by atoms with E-state index in [1.165, 1.54) is 5.56 Å². The summed E-state index contributed by atoms with van der Waals surface area (Å²) in [6, 6.07) is 16.9. The molecule has 2 saturated heterocycles. The monoisotopic (exact) mass is 409 g/mol. The van der Waals surface area contributed by atoms with Crippen molar-refractivity contribution in [3.63, 3.8) is 0 Å². The fraction of sp³-hybridized carbons (Fsp3) is 0.364. The molecule has 6 nitrogen and oxygen atoms in total. The number of piperazine rings is 1. The first-order valence-corrected chi connectivity index (χ1v) is 10.8. The van der Waals surface area contributed by atoms with E-state index in [1.807, 2.05) is 41.3 Å². The normalized spacial score (nSPS) is 21.2. The molecular weight excluding hydrogens is 386 g/mol. The number of thiazole rings is 1. The Balaban J connectivity index is 1.15. The molecule has 2 aliphatic heterocycles. The number of benzene rings is 2. The van der Waals surface area contributed by atoms with E-state index in [0.717, 1.165) is 48.4 Å². The lowest BCUT2D eigenvalue weighted by molar-refractivity contribution is -0.136. The van der Waals surface area contributed by atoms with E-state index in [4.69, 9.17) is 9.84 Å². The van der Waals surface area contributed by atoms with Gasteiger partial charge in [0, 0.05) is 31.7 Å². The van der Waals surface area contributed by atoms with Gasteiger partial charge < -0.3 is 14.7 Å². The van der Waals surface area contributed by atoms with Gasteiger partial charge in [0.05, 0.1) is 10.2 Å². The van der Waals surface area contributed by atoms with Crippen LogP contribution in [-0.4, -0.2) is 64.1 Å². The Kier molecular flexibility index (Phi) is 4.95. The molecule has 7 heteroatoms. The Morgan fingerprint density at radius 2 is 1.97 bits per heavy atom. The number of amides is 1. The van der Waals surface area contributed by atoms with Gasteiger partial charge in [0.1, 0.15) is 12.4 Å². The number of ether oxygens (including phenoxy) is 1. The van der Waals surface area contributed by atoms with Crippen LogP contribution in [0.3, 0.4) is 0 Å². The van der Waals surface area contributed by atoms with Gasteiger partial charge in [0.25, 0.3) is 5.19 Å². The van der Waals surface area contributed by atoms with Crippen molar-refractivity contribution in [2.75, 3.05) is 26.2 Å². The van der Waals surface area contributed by atoms with Crippen LogP contribution in [0.5, 0.6) is 10.9 Å². The van der Waals surface area contributed by atoms with Crippen molar-refractivity contribution in [2.45, 2.75) is 24.9 Å². The largest absolute Gasteiger partial charge is 0.431 e. The predicted molar refractivity (Wildman–Crippen MR) is 112 cm³/mol. The molecule has 2 atom stereocenters. The molecule has 29 heavy (non-hydrogen) atoms. The van der Waals surface area contributed by atoms with Gasteiger partial charge in [-0.3, -0.25) is 9.69 Å². The van der Waals surface area contributed by atoms with Gasteiger partial charge in [-0.1, -0.05) is 35.6 Å².